The summed E-state index contributed by atoms with van der Waals surface area (Å²) < 4.78 is 39.5. The van der Waals surface area contributed by atoms with Gasteiger partial charge in [0.25, 0.3) is 0 Å². The van der Waals surface area contributed by atoms with Crippen molar-refractivity contribution in [1.82, 2.24) is 4.72 Å². The summed E-state index contributed by atoms with van der Waals surface area (Å²) in [7, 11) is -7.12. The molecule has 0 heterocycles. The van der Waals surface area contributed by atoms with Crippen LogP contribution in [0.2, 0.25) is 0 Å². The molecule has 2 aromatic rings. The normalized spacial score (nSPS) is 15.6. The third-order valence-electron chi connectivity index (χ3n) is 3.54. The Hall–Kier alpha value is -1.46. The first-order valence-corrected chi connectivity index (χ1v) is 11.4. The van der Waals surface area contributed by atoms with Crippen molar-refractivity contribution in [3.05, 3.63) is 65.7 Å². The van der Waals surface area contributed by atoms with E-state index in [1.165, 1.54) is 18.8 Å². The van der Waals surface area contributed by atoms with Crippen molar-refractivity contribution in [3.63, 3.8) is 0 Å². The lowest BCUT2D eigenvalue weighted by Crippen LogP contribution is -2.39. The molecule has 2 N–H and O–H groups in total. The van der Waals surface area contributed by atoms with Gasteiger partial charge in [-0.05, 0) is 31.0 Å². The van der Waals surface area contributed by atoms with E-state index < -0.39 is 23.4 Å². The van der Waals surface area contributed by atoms with Crippen molar-refractivity contribution in [1.29, 1.82) is 0 Å². The molecule has 0 spiro atoms. The summed E-state index contributed by atoms with van der Waals surface area (Å²) in [4.78, 5) is 9.84. The summed E-state index contributed by atoms with van der Waals surface area (Å²) in [6, 6.07) is 15.1. The fraction of sp³-hybridized carbons (Fsp3) is 0.294. The molecule has 0 fully saturated rings. The molecule has 2 aromatic carbocycles. The summed E-state index contributed by atoms with van der Waals surface area (Å²) >= 11 is 0. The molecule has 130 valence electrons. The van der Waals surface area contributed by atoms with Gasteiger partial charge in [-0.15, -0.1) is 0 Å². The van der Waals surface area contributed by atoms with Gasteiger partial charge < -0.3 is 4.89 Å². The molecule has 0 aliphatic rings. The molecule has 5 nitrogen and oxygen atoms in total. The average Bonchev–Trinajstić information content (AvgIpc) is 2.46. The third-order valence-corrected chi connectivity index (χ3v) is 6.19. The Balaban J connectivity index is 2.23. The second-order valence-electron chi connectivity index (χ2n) is 6.05. The smallest absolute Gasteiger partial charge is 0.240 e. The number of nitrogens with one attached hydrogen (secondary N) is 1. The predicted octanol–water partition coefficient (Wildman–Crippen LogP) is 2.78. The second-order valence-corrected chi connectivity index (χ2v) is 10.2. The Morgan fingerprint density at radius 2 is 1.67 bits per heavy atom. The molecule has 1 unspecified atom stereocenters. The van der Waals surface area contributed by atoms with Gasteiger partial charge >= 0.3 is 0 Å². The minimum Gasteiger partial charge on any atom is -0.344 e. The van der Waals surface area contributed by atoms with E-state index in [1.807, 2.05) is 37.3 Å². The SMILES string of the molecule is Cc1ccc(S(=O)(=O)N[C@@H](Cc2ccccc2)CP(C)(=O)O)cc1. The number of hydrogen-bond acceptors (Lipinski definition) is 3. The maximum Gasteiger partial charge on any atom is 0.240 e. The van der Waals surface area contributed by atoms with Crippen LogP contribution in [-0.4, -0.2) is 32.2 Å². The molecule has 0 aromatic heterocycles. The Labute approximate surface area is 143 Å². The zero-order valence-electron chi connectivity index (χ0n) is 13.7. The summed E-state index contributed by atoms with van der Waals surface area (Å²) in [5.41, 5.74) is 1.87. The fourth-order valence-corrected chi connectivity index (χ4v) is 4.85. The van der Waals surface area contributed by atoms with Crippen molar-refractivity contribution in [2.75, 3.05) is 12.8 Å². The summed E-state index contributed by atoms with van der Waals surface area (Å²) in [5, 5.41) is 0. The largest absolute Gasteiger partial charge is 0.344 e. The monoisotopic (exact) mass is 367 g/mol. The van der Waals surface area contributed by atoms with Crippen LogP contribution in [0.4, 0.5) is 0 Å². The van der Waals surface area contributed by atoms with Crippen LogP contribution >= 0.6 is 7.37 Å². The van der Waals surface area contributed by atoms with E-state index in [2.05, 4.69) is 4.72 Å². The van der Waals surface area contributed by atoms with Crippen molar-refractivity contribution in [3.8, 4) is 0 Å². The Kier molecular flexibility index (Phi) is 5.99. The van der Waals surface area contributed by atoms with Crippen molar-refractivity contribution >= 4 is 17.4 Å². The van der Waals surface area contributed by atoms with Crippen LogP contribution in [0.15, 0.2) is 59.5 Å². The zero-order valence-corrected chi connectivity index (χ0v) is 15.4. The van der Waals surface area contributed by atoms with E-state index in [4.69, 9.17) is 0 Å². The summed E-state index contributed by atoms with van der Waals surface area (Å²) in [6.45, 7) is 3.12. The van der Waals surface area contributed by atoms with Crippen LogP contribution in [-0.2, 0) is 21.0 Å². The van der Waals surface area contributed by atoms with E-state index in [-0.39, 0.29) is 11.1 Å². The maximum absolute atomic E-state index is 12.5. The molecule has 0 saturated carbocycles. The van der Waals surface area contributed by atoms with E-state index in [1.54, 1.807) is 12.1 Å². The van der Waals surface area contributed by atoms with E-state index in [0.717, 1.165) is 11.1 Å². The highest BCUT2D eigenvalue weighted by molar-refractivity contribution is 7.89. The lowest BCUT2D eigenvalue weighted by atomic mass is 10.1. The topological polar surface area (TPSA) is 83.5 Å². The van der Waals surface area contributed by atoms with Gasteiger partial charge in [-0.1, -0.05) is 48.0 Å². The second kappa shape index (κ2) is 7.62. The van der Waals surface area contributed by atoms with Crippen LogP contribution in [0.5, 0.6) is 0 Å². The Bertz CT molecular complexity index is 813. The zero-order chi connectivity index (χ0) is 17.8. The summed E-state index contributed by atoms with van der Waals surface area (Å²) in [5.74, 6) is 0. The molecule has 2 rings (SSSR count). The number of hydrogen-bond donors (Lipinski definition) is 2. The van der Waals surface area contributed by atoms with Gasteiger partial charge in [0.05, 0.1) is 4.90 Å². The first-order valence-electron chi connectivity index (χ1n) is 7.58. The highest BCUT2D eigenvalue weighted by atomic mass is 32.2. The van der Waals surface area contributed by atoms with Crippen LogP contribution in [0, 0.1) is 6.92 Å². The molecule has 7 heteroatoms. The molecule has 0 aliphatic heterocycles. The highest BCUT2D eigenvalue weighted by Crippen LogP contribution is 2.36. The fourth-order valence-electron chi connectivity index (χ4n) is 2.46. The van der Waals surface area contributed by atoms with Crippen LogP contribution < -0.4 is 4.72 Å². The first kappa shape index (κ1) is 18.9. The number of rotatable bonds is 7. The number of benzene rings is 2. The van der Waals surface area contributed by atoms with Crippen molar-refractivity contribution < 1.29 is 17.9 Å². The van der Waals surface area contributed by atoms with Crippen molar-refractivity contribution in [2.24, 2.45) is 0 Å². The molecular weight excluding hydrogens is 345 g/mol. The number of aryl methyl sites for hydroxylation is 1. The summed E-state index contributed by atoms with van der Waals surface area (Å²) in [6.07, 6.45) is 0.233. The van der Waals surface area contributed by atoms with Gasteiger partial charge in [0, 0.05) is 18.9 Å². The van der Waals surface area contributed by atoms with Crippen molar-refractivity contribution in [2.45, 2.75) is 24.3 Å². The minimum absolute atomic E-state index is 0.118. The maximum atomic E-state index is 12.5. The van der Waals surface area contributed by atoms with Gasteiger partial charge in [0.15, 0.2) is 7.37 Å². The van der Waals surface area contributed by atoms with Crippen LogP contribution in [0.3, 0.4) is 0 Å². The third kappa shape index (κ3) is 5.87. The van der Waals surface area contributed by atoms with E-state index in [9.17, 15) is 17.9 Å². The number of sulfonamides is 1. The standard InChI is InChI=1S/C17H22NO4PS/c1-14-8-10-17(11-9-14)24(21,22)18-16(13-23(2,19)20)12-15-6-4-3-5-7-15/h3-11,16,18H,12-13H2,1-2H3,(H,19,20)/t16-/m0/s1. The van der Waals surface area contributed by atoms with E-state index >= 15 is 0 Å². The predicted molar refractivity (Wildman–Crippen MR) is 96.1 cm³/mol. The molecule has 24 heavy (non-hydrogen) atoms. The van der Waals surface area contributed by atoms with Crippen LogP contribution in [0.1, 0.15) is 11.1 Å². The molecule has 0 saturated heterocycles. The van der Waals surface area contributed by atoms with Gasteiger partial charge in [0.1, 0.15) is 0 Å². The van der Waals surface area contributed by atoms with E-state index in [0.29, 0.717) is 6.42 Å². The first-order chi connectivity index (χ1) is 11.2. The molecule has 0 radical (unpaired) electrons. The molecule has 0 bridgehead atoms. The molecular formula is C17H22NO4PS. The Morgan fingerprint density at radius 3 is 2.21 bits per heavy atom. The molecule has 0 aliphatic carbocycles. The highest BCUT2D eigenvalue weighted by Gasteiger charge is 2.25. The van der Waals surface area contributed by atoms with Gasteiger partial charge in [-0.2, -0.15) is 0 Å². The molecule has 0 amide bonds. The van der Waals surface area contributed by atoms with Gasteiger partial charge in [-0.25, -0.2) is 13.1 Å². The average molecular weight is 367 g/mol. The minimum atomic E-state index is -3.75. The van der Waals surface area contributed by atoms with Gasteiger partial charge in [-0.3, -0.25) is 4.57 Å². The quantitative estimate of drug-likeness (QED) is 0.737. The Morgan fingerprint density at radius 1 is 1.08 bits per heavy atom. The van der Waals surface area contributed by atoms with Gasteiger partial charge in [0.2, 0.25) is 10.0 Å². The lowest BCUT2D eigenvalue weighted by molar-refractivity contribution is 0.474. The van der Waals surface area contributed by atoms with Crippen LogP contribution in [0.25, 0.3) is 0 Å². The lowest BCUT2D eigenvalue weighted by Gasteiger charge is -2.20. The molecule has 2 atom stereocenters.